The highest BCUT2D eigenvalue weighted by Crippen LogP contribution is 2.18. The molecule has 136 valence electrons. The standard InChI is InChI=1S/C18H18FN3O3S/c1-13-3-5-14(6-4-13)18-20-17(21-25-18)11-12-22(2)26(23,24)16-9-7-15(19)8-10-16/h3-10H,11-12H2,1-2H3. The highest BCUT2D eigenvalue weighted by molar-refractivity contribution is 7.89. The van der Waals surface area contributed by atoms with E-state index in [0.717, 1.165) is 23.3 Å². The van der Waals surface area contributed by atoms with Crippen LogP contribution in [0.1, 0.15) is 11.4 Å². The summed E-state index contributed by atoms with van der Waals surface area (Å²) >= 11 is 0. The van der Waals surface area contributed by atoms with Gasteiger partial charge in [-0.25, -0.2) is 17.1 Å². The van der Waals surface area contributed by atoms with E-state index in [1.54, 1.807) is 0 Å². The lowest BCUT2D eigenvalue weighted by atomic mass is 10.1. The van der Waals surface area contributed by atoms with Gasteiger partial charge >= 0.3 is 0 Å². The fourth-order valence-electron chi connectivity index (χ4n) is 2.33. The van der Waals surface area contributed by atoms with Gasteiger partial charge in [-0.3, -0.25) is 0 Å². The molecule has 2 aromatic carbocycles. The molecule has 3 rings (SSSR count). The van der Waals surface area contributed by atoms with E-state index < -0.39 is 15.8 Å². The third-order valence-corrected chi connectivity index (χ3v) is 5.81. The van der Waals surface area contributed by atoms with E-state index in [2.05, 4.69) is 10.1 Å². The van der Waals surface area contributed by atoms with Crippen molar-refractivity contribution in [3.05, 3.63) is 65.7 Å². The van der Waals surface area contributed by atoms with Gasteiger partial charge in [0.15, 0.2) is 5.82 Å². The molecule has 0 saturated carbocycles. The maximum atomic E-state index is 13.0. The Labute approximate surface area is 151 Å². The molecule has 0 spiro atoms. The summed E-state index contributed by atoms with van der Waals surface area (Å²) in [4.78, 5) is 4.34. The first kappa shape index (κ1) is 18.2. The second kappa shape index (κ2) is 7.35. The van der Waals surface area contributed by atoms with Crippen molar-refractivity contribution in [2.75, 3.05) is 13.6 Å². The Hall–Kier alpha value is -2.58. The molecule has 3 aromatic rings. The first-order valence-corrected chi connectivity index (χ1v) is 9.42. The summed E-state index contributed by atoms with van der Waals surface area (Å²) in [5, 5.41) is 3.90. The van der Waals surface area contributed by atoms with Crippen LogP contribution in [0.2, 0.25) is 0 Å². The molecule has 0 amide bonds. The number of aromatic nitrogens is 2. The van der Waals surface area contributed by atoms with Crippen molar-refractivity contribution in [2.24, 2.45) is 0 Å². The van der Waals surface area contributed by atoms with E-state index in [9.17, 15) is 12.8 Å². The summed E-state index contributed by atoms with van der Waals surface area (Å²) in [6, 6.07) is 12.4. The molecule has 0 N–H and O–H groups in total. The molecule has 0 aliphatic rings. The minimum atomic E-state index is -3.70. The largest absolute Gasteiger partial charge is 0.334 e. The number of sulfonamides is 1. The van der Waals surface area contributed by atoms with E-state index in [1.165, 1.54) is 23.5 Å². The summed E-state index contributed by atoms with van der Waals surface area (Å²) in [6.45, 7) is 2.16. The lowest BCUT2D eigenvalue weighted by molar-refractivity contribution is 0.415. The highest BCUT2D eigenvalue weighted by atomic mass is 32.2. The number of hydrogen-bond acceptors (Lipinski definition) is 5. The molecule has 8 heteroatoms. The number of halogens is 1. The number of benzene rings is 2. The Morgan fingerprint density at radius 2 is 1.73 bits per heavy atom. The molecule has 6 nitrogen and oxygen atoms in total. The van der Waals surface area contributed by atoms with Gasteiger partial charge in [0.25, 0.3) is 5.89 Å². The fourth-order valence-corrected chi connectivity index (χ4v) is 3.50. The van der Waals surface area contributed by atoms with Gasteiger partial charge in [-0.1, -0.05) is 22.9 Å². The zero-order valence-corrected chi connectivity index (χ0v) is 15.2. The molecule has 26 heavy (non-hydrogen) atoms. The molecule has 0 atom stereocenters. The smallest absolute Gasteiger partial charge is 0.257 e. The van der Waals surface area contributed by atoms with Gasteiger partial charge < -0.3 is 4.52 Å². The molecule has 1 heterocycles. The SMILES string of the molecule is Cc1ccc(-c2nc(CCN(C)S(=O)(=O)c3ccc(F)cc3)no2)cc1. The Balaban J connectivity index is 1.67. The van der Waals surface area contributed by atoms with Gasteiger partial charge in [0, 0.05) is 25.6 Å². The molecular formula is C18H18FN3O3S. The number of nitrogens with zero attached hydrogens (tertiary/aromatic N) is 3. The second-order valence-electron chi connectivity index (χ2n) is 5.91. The molecule has 0 bridgehead atoms. The van der Waals surface area contributed by atoms with E-state index in [4.69, 9.17) is 4.52 Å². The first-order chi connectivity index (χ1) is 12.4. The van der Waals surface area contributed by atoms with Crippen molar-refractivity contribution >= 4 is 10.0 Å². The second-order valence-corrected chi connectivity index (χ2v) is 7.96. The maximum Gasteiger partial charge on any atom is 0.257 e. The van der Waals surface area contributed by atoms with Crippen molar-refractivity contribution < 1.29 is 17.3 Å². The van der Waals surface area contributed by atoms with Crippen molar-refractivity contribution in [3.8, 4) is 11.5 Å². The van der Waals surface area contributed by atoms with Crippen molar-refractivity contribution in [3.63, 3.8) is 0 Å². The van der Waals surface area contributed by atoms with Crippen LogP contribution >= 0.6 is 0 Å². The third kappa shape index (κ3) is 3.97. The molecule has 0 aliphatic carbocycles. The van der Waals surface area contributed by atoms with E-state index >= 15 is 0 Å². The zero-order chi connectivity index (χ0) is 18.7. The van der Waals surface area contributed by atoms with Crippen LogP contribution in [0.3, 0.4) is 0 Å². The van der Waals surface area contributed by atoms with E-state index in [0.29, 0.717) is 18.1 Å². The first-order valence-electron chi connectivity index (χ1n) is 7.98. The van der Waals surface area contributed by atoms with Crippen LogP contribution in [-0.2, 0) is 16.4 Å². The summed E-state index contributed by atoms with van der Waals surface area (Å²) in [5.41, 5.74) is 1.93. The van der Waals surface area contributed by atoms with Crippen LogP contribution in [0.5, 0.6) is 0 Å². The molecule has 1 aromatic heterocycles. The van der Waals surface area contributed by atoms with Crippen LogP contribution < -0.4 is 0 Å². The van der Waals surface area contributed by atoms with Crippen LogP contribution in [0.15, 0.2) is 57.9 Å². The minimum Gasteiger partial charge on any atom is -0.334 e. The summed E-state index contributed by atoms with van der Waals surface area (Å²) in [7, 11) is -2.24. The predicted octanol–water partition coefficient (Wildman–Crippen LogP) is 3.05. The molecule has 0 fully saturated rings. The fraction of sp³-hybridized carbons (Fsp3) is 0.222. The summed E-state index contributed by atoms with van der Waals surface area (Å²) < 4.78 is 44.3. The van der Waals surface area contributed by atoms with Crippen LogP contribution in [0, 0.1) is 12.7 Å². The van der Waals surface area contributed by atoms with Gasteiger partial charge in [-0.2, -0.15) is 4.98 Å². The van der Waals surface area contributed by atoms with Gasteiger partial charge in [0.05, 0.1) is 4.90 Å². The van der Waals surface area contributed by atoms with Gasteiger partial charge in [0.1, 0.15) is 5.82 Å². The summed E-state index contributed by atoms with van der Waals surface area (Å²) in [5.74, 6) is 0.327. The molecular weight excluding hydrogens is 357 g/mol. The monoisotopic (exact) mass is 375 g/mol. The molecule has 0 radical (unpaired) electrons. The number of rotatable bonds is 6. The van der Waals surface area contributed by atoms with Crippen molar-refractivity contribution in [2.45, 2.75) is 18.2 Å². The third-order valence-electron chi connectivity index (χ3n) is 3.94. The average molecular weight is 375 g/mol. The number of likely N-dealkylation sites (N-methyl/N-ethyl adjacent to an activating group) is 1. The Morgan fingerprint density at radius 3 is 2.38 bits per heavy atom. The topological polar surface area (TPSA) is 76.3 Å². The van der Waals surface area contributed by atoms with Crippen LogP contribution in [-0.4, -0.2) is 36.5 Å². The maximum absolute atomic E-state index is 13.0. The Bertz CT molecular complexity index is 983. The quantitative estimate of drug-likeness (QED) is 0.662. The minimum absolute atomic E-state index is 0.0369. The van der Waals surface area contributed by atoms with Crippen molar-refractivity contribution in [1.82, 2.24) is 14.4 Å². The lowest BCUT2D eigenvalue weighted by Gasteiger charge is -2.16. The molecule has 0 saturated heterocycles. The van der Waals surface area contributed by atoms with Crippen LogP contribution in [0.25, 0.3) is 11.5 Å². The van der Waals surface area contributed by atoms with Crippen LogP contribution in [0.4, 0.5) is 4.39 Å². The number of aryl methyl sites for hydroxylation is 1. The summed E-state index contributed by atoms with van der Waals surface area (Å²) in [6.07, 6.45) is 0.298. The van der Waals surface area contributed by atoms with Gasteiger partial charge in [-0.05, 0) is 43.3 Å². The highest BCUT2D eigenvalue weighted by Gasteiger charge is 2.21. The normalized spacial score (nSPS) is 11.8. The van der Waals surface area contributed by atoms with Crippen molar-refractivity contribution in [1.29, 1.82) is 0 Å². The Kier molecular flexibility index (Phi) is 5.15. The average Bonchev–Trinajstić information content (AvgIpc) is 3.09. The number of hydrogen-bond donors (Lipinski definition) is 0. The van der Waals surface area contributed by atoms with Gasteiger partial charge in [-0.15, -0.1) is 0 Å². The van der Waals surface area contributed by atoms with E-state index in [1.807, 2.05) is 31.2 Å². The van der Waals surface area contributed by atoms with Gasteiger partial charge in [0.2, 0.25) is 10.0 Å². The molecule has 0 aliphatic heterocycles. The molecule has 0 unspecified atom stereocenters. The lowest BCUT2D eigenvalue weighted by Crippen LogP contribution is -2.29. The zero-order valence-electron chi connectivity index (χ0n) is 14.4. The predicted molar refractivity (Wildman–Crippen MR) is 94.4 cm³/mol. The Morgan fingerprint density at radius 1 is 1.08 bits per heavy atom. The van der Waals surface area contributed by atoms with E-state index in [-0.39, 0.29) is 11.4 Å².